The molecule has 2 aromatic rings. The first-order valence-electron chi connectivity index (χ1n) is 6.95. The maximum absolute atomic E-state index is 12.4. The number of benzene rings is 2. The largest absolute Gasteiger partial charge is 0.242 e. The standard InChI is InChI=1S/C17H17NO2S2/c1-4-13-14-7-5-6-8-16(14)21-17-10-9-12(11-15(13)17)22(19,20)18(2)3/h4-11H,1-3H3/b13-4+. The third-order valence-corrected chi connectivity index (χ3v) is 6.67. The van der Waals surface area contributed by atoms with E-state index in [0.717, 1.165) is 21.6 Å². The number of nitrogens with zero attached hydrogens (tertiary/aromatic N) is 1. The third kappa shape index (κ3) is 2.39. The number of hydrogen-bond donors (Lipinski definition) is 0. The number of fused-ring (bicyclic) bond motifs is 2. The zero-order valence-electron chi connectivity index (χ0n) is 12.7. The highest BCUT2D eigenvalue weighted by atomic mass is 32.2. The van der Waals surface area contributed by atoms with Crippen LogP contribution in [0.2, 0.25) is 0 Å². The Hall–Kier alpha value is -1.56. The maximum Gasteiger partial charge on any atom is 0.242 e. The topological polar surface area (TPSA) is 37.4 Å². The van der Waals surface area contributed by atoms with E-state index in [9.17, 15) is 8.42 Å². The lowest BCUT2D eigenvalue weighted by Gasteiger charge is -2.23. The van der Waals surface area contributed by atoms with Crippen LogP contribution in [-0.4, -0.2) is 26.8 Å². The van der Waals surface area contributed by atoms with Gasteiger partial charge in [-0.25, -0.2) is 12.7 Å². The fourth-order valence-electron chi connectivity index (χ4n) is 2.53. The summed E-state index contributed by atoms with van der Waals surface area (Å²) in [5, 5.41) is 0. The fourth-order valence-corrected chi connectivity index (χ4v) is 4.55. The van der Waals surface area contributed by atoms with E-state index in [1.54, 1.807) is 38.0 Å². The molecule has 22 heavy (non-hydrogen) atoms. The predicted octanol–water partition coefficient (Wildman–Crippen LogP) is 3.85. The zero-order chi connectivity index (χ0) is 15.9. The third-order valence-electron chi connectivity index (χ3n) is 3.71. The van der Waals surface area contributed by atoms with Gasteiger partial charge in [0.2, 0.25) is 10.0 Å². The molecule has 0 aromatic heterocycles. The van der Waals surface area contributed by atoms with Crippen LogP contribution in [0.3, 0.4) is 0 Å². The minimum absolute atomic E-state index is 0.329. The Morgan fingerprint density at radius 1 is 1.00 bits per heavy atom. The molecule has 0 saturated heterocycles. The molecular weight excluding hydrogens is 314 g/mol. The normalized spacial score (nSPS) is 15.7. The van der Waals surface area contributed by atoms with Crippen molar-refractivity contribution >= 4 is 27.4 Å². The molecule has 0 unspecified atom stereocenters. The summed E-state index contributed by atoms with van der Waals surface area (Å²) >= 11 is 1.68. The average Bonchev–Trinajstić information content (AvgIpc) is 2.51. The number of hydrogen-bond acceptors (Lipinski definition) is 3. The molecule has 3 rings (SSSR count). The van der Waals surface area contributed by atoms with E-state index >= 15 is 0 Å². The quantitative estimate of drug-likeness (QED) is 0.716. The van der Waals surface area contributed by atoms with Crippen molar-refractivity contribution in [1.29, 1.82) is 0 Å². The van der Waals surface area contributed by atoms with Crippen LogP contribution in [-0.2, 0) is 10.0 Å². The van der Waals surface area contributed by atoms with Crippen LogP contribution in [0.15, 0.2) is 63.2 Å². The highest BCUT2D eigenvalue weighted by Crippen LogP contribution is 2.45. The summed E-state index contributed by atoms with van der Waals surface area (Å²) < 4.78 is 26.0. The van der Waals surface area contributed by atoms with Gasteiger partial charge in [-0.1, -0.05) is 36.0 Å². The molecule has 1 heterocycles. The summed E-state index contributed by atoms with van der Waals surface area (Å²) in [7, 11) is -0.321. The number of sulfonamides is 1. The Morgan fingerprint density at radius 3 is 2.36 bits per heavy atom. The fraction of sp³-hybridized carbons (Fsp3) is 0.176. The Bertz CT molecular complexity index is 868. The summed E-state index contributed by atoms with van der Waals surface area (Å²) in [6.45, 7) is 1.99. The van der Waals surface area contributed by atoms with Crippen LogP contribution in [0.5, 0.6) is 0 Å². The van der Waals surface area contributed by atoms with Crippen molar-refractivity contribution in [3.05, 3.63) is 59.7 Å². The van der Waals surface area contributed by atoms with E-state index in [-0.39, 0.29) is 0 Å². The molecule has 0 atom stereocenters. The summed E-state index contributed by atoms with van der Waals surface area (Å²) in [5.74, 6) is 0. The molecule has 0 bridgehead atoms. The molecule has 0 saturated carbocycles. The van der Waals surface area contributed by atoms with E-state index in [2.05, 4.69) is 12.1 Å². The molecule has 0 radical (unpaired) electrons. The molecule has 1 aliphatic rings. The van der Waals surface area contributed by atoms with Gasteiger partial charge in [0.05, 0.1) is 4.90 Å². The van der Waals surface area contributed by atoms with Crippen molar-refractivity contribution in [2.24, 2.45) is 0 Å². The molecule has 0 amide bonds. The van der Waals surface area contributed by atoms with E-state index in [4.69, 9.17) is 0 Å². The first kappa shape index (κ1) is 15.3. The Balaban J connectivity index is 2.20. The summed E-state index contributed by atoms with van der Waals surface area (Å²) in [5.41, 5.74) is 3.22. The minimum Gasteiger partial charge on any atom is -0.207 e. The molecule has 5 heteroatoms. The number of allylic oxidation sites excluding steroid dienone is 1. The van der Waals surface area contributed by atoms with Gasteiger partial charge in [0.1, 0.15) is 0 Å². The number of rotatable bonds is 2. The molecule has 2 aromatic carbocycles. The van der Waals surface area contributed by atoms with Crippen LogP contribution in [0, 0.1) is 0 Å². The first-order valence-corrected chi connectivity index (χ1v) is 9.21. The lowest BCUT2D eigenvalue weighted by atomic mass is 9.97. The van der Waals surface area contributed by atoms with Gasteiger partial charge in [-0.05, 0) is 47.9 Å². The SMILES string of the molecule is C/C=C1\c2ccccc2Sc2ccc(S(=O)(=O)N(C)C)cc21. The second-order valence-corrected chi connectivity index (χ2v) is 8.48. The van der Waals surface area contributed by atoms with Gasteiger partial charge in [-0.3, -0.25) is 0 Å². The van der Waals surface area contributed by atoms with Gasteiger partial charge in [0, 0.05) is 23.9 Å². The van der Waals surface area contributed by atoms with Gasteiger partial charge in [-0.15, -0.1) is 0 Å². The van der Waals surface area contributed by atoms with E-state index in [0.29, 0.717) is 4.90 Å². The Labute approximate surface area is 135 Å². The van der Waals surface area contributed by atoms with Gasteiger partial charge in [0.25, 0.3) is 0 Å². The van der Waals surface area contributed by atoms with E-state index in [1.165, 1.54) is 9.20 Å². The second kappa shape index (κ2) is 5.57. The summed E-state index contributed by atoms with van der Waals surface area (Å²) in [4.78, 5) is 2.62. The van der Waals surface area contributed by atoms with Crippen molar-refractivity contribution in [3.8, 4) is 0 Å². The average molecular weight is 331 g/mol. The van der Waals surface area contributed by atoms with Gasteiger partial charge >= 0.3 is 0 Å². The molecular formula is C17H17NO2S2. The lowest BCUT2D eigenvalue weighted by Crippen LogP contribution is -2.22. The van der Waals surface area contributed by atoms with Crippen molar-refractivity contribution in [1.82, 2.24) is 4.31 Å². The van der Waals surface area contributed by atoms with Crippen LogP contribution < -0.4 is 0 Å². The molecule has 1 aliphatic heterocycles. The molecule has 0 N–H and O–H groups in total. The maximum atomic E-state index is 12.4. The van der Waals surface area contributed by atoms with Gasteiger partial charge in [-0.2, -0.15) is 0 Å². The minimum atomic E-state index is -3.42. The van der Waals surface area contributed by atoms with Crippen LogP contribution in [0.4, 0.5) is 0 Å². The van der Waals surface area contributed by atoms with Crippen LogP contribution in [0.1, 0.15) is 18.1 Å². The molecule has 0 fully saturated rings. The highest BCUT2D eigenvalue weighted by Gasteiger charge is 2.24. The molecule has 3 nitrogen and oxygen atoms in total. The van der Waals surface area contributed by atoms with Crippen molar-refractivity contribution in [2.45, 2.75) is 21.6 Å². The lowest BCUT2D eigenvalue weighted by molar-refractivity contribution is 0.520. The van der Waals surface area contributed by atoms with E-state index in [1.807, 2.05) is 31.2 Å². The van der Waals surface area contributed by atoms with Crippen molar-refractivity contribution in [2.75, 3.05) is 14.1 Å². The molecule has 0 spiro atoms. The Kier molecular flexibility index (Phi) is 3.89. The van der Waals surface area contributed by atoms with Crippen molar-refractivity contribution < 1.29 is 8.42 Å². The van der Waals surface area contributed by atoms with Gasteiger partial charge in [0.15, 0.2) is 0 Å². The van der Waals surface area contributed by atoms with Crippen LogP contribution in [0.25, 0.3) is 5.57 Å². The van der Waals surface area contributed by atoms with Crippen molar-refractivity contribution in [3.63, 3.8) is 0 Å². The van der Waals surface area contributed by atoms with Crippen LogP contribution >= 0.6 is 11.8 Å². The highest BCUT2D eigenvalue weighted by molar-refractivity contribution is 7.99. The summed E-state index contributed by atoms with van der Waals surface area (Å²) in [6.07, 6.45) is 2.05. The van der Waals surface area contributed by atoms with Gasteiger partial charge < -0.3 is 0 Å². The second-order valence-electron chi connectivity index (χ2n) is 5.25. The predicted molar refractivity (Wildman–Crippen MR) is 90.6 cm³/mol. The smallest absolute Gasteiger partial charge is 0.207 e. The first-order chi connectivity index (χ1) is 10.4. The Morgan fingerprint density at radius 2 is 1.68 bits per heavy atom. The molecule has 0 aliphatic carbocycles. The van der Waals surface area contributed by atoms with E-state index < -0.39 is 10.0 Å². The zero-order valence-corrected chi connectivity index (χ0v) is 14.3. The monoisotopic (exact) mass is 331 g/mol. The molecule has 114 valence electrons. The summed E-state index contributed by atoms with van der Waals surface area (Å²) in [6, 6.07) is 13.6.